The number of methoxy groups -OCH3 is 1. The molecule has 0 aromatic heterocycles. The van der Waals surface area contributed by atoms with Crippen molar-refractivity contribution in [2.24, 2.45) is 0 Å². The molecular weight excluding hydrogens is 448 g/mol. The summed E-state index contributed by atoms with van der Waals surface area (Å²) in [5.41, 5.74) is 2.12. The largest absolute Gasteiger partial charge is 0.454 e. The van der Waals surface area contributed by atoms with E-state index in [1.165, 1.54) is 0 Å². The molecule has 3 aromatic carbocycles. The van der Waals surface area contributed by atoms with E-state index in [-0.39, 0.29) is 25.6 Å². The van der Waals surface area contributed by atoms with Crippen LogP contribution in [0.15, 0.2) is 88.7 Å². The molecule has 0 radical (unpaired) electrons. The summed E-state index contributed by atoms with van der Waals surface area (Å²) in [7, 11) is 1.70. The number of ether oxygens (including phenoxy) is 4. The van der Waals surface area contributed by atoms with Crippen molar-refractivity contribution in [3.63, 3.8) is 0 Å². The summed E-state index contributed by atoms with van der Waals surface area (Å²) in [5, 5.41) is 9.69. The van der Waals surface area contributed by atoms with E-state index >= 15 is 0 Å². The average Bonchev–Trinajstić information content (AvgIpc) is 3.34. The van der Waals surface area contributed by atoms with Gasteiger partial charge in [0.05, 0.1) is 18.8 Å². The molecule has 6 heteroatoms. The Morgan fingerprint density at radius 1 is 0.971 bits per heavy atom. The molecule has 1 heterocycles. The van der Waals surface area contributed by atoms with Gasteiger partial charge in [0.25, 0.3) is 0 Å². The van der Waals surface area contributed by atoms with Crippen LogP contribution in [0.1, 0.15) is 24.0 Å². The van der Waals surface area contributed by atoms with Gasteiger partial charge in [0.1, 0.15) is 0 Å². The Labute approximate surface area is 205 Å². The first-order chi connectivity index (χ1) is 16.7. The first kappa shape index (κ1) is 24.4. The summed E-state index contributed by atoms with van der Waals surface area (Å²) in [6, 6.07) is 26.3. The third kappa shape index (κ3) is 6.87. The molecular formula is C28H30O5S. The normalized spacial score (nSPS) is 14.7. The van der Waals surface area contributed by atoms with Gasteiger partial charge in [0.15, 0.2) is 11.5 Å². The third-order valence-electron chi connectivity index (χ3n) is 5.56. The molecule has 0 aliphatic carbocycles. The fraction of sp³-hybridized carbons (Fsp3) is 0.286. The van der Waals surface area contributed by atoms with E-state index in [2.05, 4.69) is 18.2 Å². The zero-order valence-electron chi connectivity index (χ0n) is 19.3. The highest BCUT2D eigenvalue weighted by atomic mass is 32.2. The Bertz CT molecular complexity index is 1050. The minimum Gasteiger partial charge on any atom is -0.454 e. The van der Waals surface area contributed by atoms with E-state index in [4.69, 9.17) is 18.9 Å². The molecule has 1 aliphatic rings. The van der Waals surface area contributed by atoms with Gasteiger partial charge in [0.2, 0.25) is 6.79 Å². The Hall–Kier alpha value is -2.77. The van der Waals surface area contributed by atoms with E-state index in [1.54, 1.807) is 18.9 Å². The molecule has 34 heavy (non-hydrogen) atoms. The first-order valence-corrected chi connectivity index (χ1v) is 12.2. The lowest BCUT2D eigenvalue weighted by Crippen LogP contribution is -2.32. The summed E-state index contributed by atoms with van der Waals surface area (Å²) < 4.78 is 23.1. The van der Waals surface area contributed by atoms with E-state index in [0.717, 1.165) is 32.4 Å². The minimum absolute atomic E-state index is 0.0341. The van der Waals surface area contributed by atoms with Gasteiger partial charge in [-0.3, -0.25) is 0 Å². The predicted octanol–water partition coefficient (Wildman–Crippen LogP) is 5.92. The number of aliphatic hydroxyl groups excluding tert-OH is 1. The first-order valence-electron chi connectivity index (χ1n) is 11.4. The predicted molar refractivity (Wildman–Crippen MR) is 135 cm³/mol. The maximum Gasteiger partial charge on any atom is 0.231 e. The second-order valence-electron chi connectivity index (χ2n) is 7.96. The van der Waals surface area contributed by atoms with Gasteiger partial charge in [-0.15, -0.1) is 0 Å². The van der Waals surface area contributed by atoms with Crippen molar-refractivity contribution in [1.82, 2.24) is 0 Å². The molecule has 4 rings (SSSR count). The zero-order chi connectivity index (χ0) is 23.6. The second kappa shape index (κ2) is 12.6. The summed E-state index contributed by atoms with van der Waals surface area (Å²) in [6.07, 6.45) is 2.83. The molecule has 2 atom stereocenters. The van der Waals surface area contributed by atoms with Crippen molar-refractivity contribution in [1.29, 1.82) is 0 Å². The Balaban J connectivity index is 1.54. The van der Waals surface area contributed by atoms with Crippen LogP contribution in [0.2, 0.25) is 0 Å². The monoisotopic (exact) mass is 478 g/mol. The van der Waals surface area contributed by atoms with Crippen LogP contribution < -0.4 is 9.47 Å². The van der Waals surface area contributed by atoms with Crippen LogP contribution in [0, 0.1) is 0 Å². The van der Waals surface area contributed by atoms with E-state index in [9.17, 15) is 5.11 Å². The molecule has 1 N–H and O–H groups in total. The molecule has 3 aromatic rings. The molecule has 178 valence electrons. The zero-order valence-corrected chi connectivity index (χ0v) is 20.1. The number of fused-ring (bicyclic) bond motifs is 1. The summed E-state index contributed by atoms with van der Waals surface area (Å²) in [4.78, 5) is 2.27. The minimum atomic E-state index is -0.244. The molecule has 0 unspecified atom stereocenters. The number of rotatable bonds is 12. The van der Waals surface area contributed by atoms with Crippen LogP contribution in [-0.4, -0.2) is 37.8 Å². The molecule has 0 saturated carbocycles. The molecule has 0 bridgehead atoms. The van der Waals surface area contributed by atoms with Crippen LogP contribution >= 0.6 is 11.8 Å². The Kier molecular flexibility index (Phi) is 9.04. The topological polar surface area (TPSA) is 57.2 Å². The van der Waals surface area contributed by atoms with E-state index in [0.29, 0.717) is 19.4 Å². The van der Waals surface area contributed by atoms with Crippen LogP contribution in [0.3, 0.4) is 0 Å². The van der Waals surface area contributed by atoms with Gasteiger partial charge < -0.3 is 24.1 Å². The Morgan fingerprint density at radius 3 is 2.44 bits per heavy atom. The highest BCUT2D eigenvalue weighted by Crippen LogP contribution is 2.36. The van der Waals surface area contributed by atoms with Crippen molar-refractivity contribution < 1.29 is 24.1 Å². The number of benzene rings is 3. The molecule has 5 nitrogen and oxygen atoms in total. The van der Waals surface area contributed by atoms with Crippen LogP contribution in [0.5, 0.6) is 11.5 Å². The number of aliphatic hydroxyl groups is 1. The van der Waals surface area contributed by atoms with Gasteiger partial charge in [0, 0.05) is 25.0 Å². The summed E-state index contributed by atoms with van der Waals surface area (Å²) >= 11 is 1.70. The number of thioether (sulfide) groups is 1. The fourth-order valence-corrected chi connectivity index (χ4v) is 4.84. The maximum atomic E-state index is 9.69. The molecule has 0 spiro atoms. The van der Waals surface area contributed by atoms with E-state index in [1.807, 2.05) is 66.7 Å². The SMILES string of the molecule is CO[C@@H](C/C(=C/c1ccc2c(c1)OCO2)Sc1ccccc1)[C@H](CCO)OCc1ccccc1. The molecule has 1 aliphatic heterocycles. The third-order valence-corrected chi connectivity index (χ3v) is 6.61. The van der Waals surface area contributed by atoms with E-state index < -0.39 is 0 Å². The maximum absolute atomic E-state index is 9.69. The van der Waals surface area contributed by atoms with Crippen molar-refractivity contribution in [3.8, 4) is 11.5 Å². The van der Waals surface area contributed by atoms with Crippen LogP contribution in [-0.2, 0) is 16.1 Å². The molecule has 0 fully saturated rings. The standard InChI is InChI=1S/C28H30O5S/c1-30-27(26(14-15-29)31-19-21-8-4-2-5-9-21)18-24(34-23-10-6-3-7-11-23)16-22-12-13-25-28(17-22)33-20-32-25/h2-13,16-17,26-27,29H,14-15,18-20H2,1H3/b24-16-/t26-,27-/m0/s1. The quantitative estimate of drug-likeness (QED) is 0.326. The lowest BCUT2D eigenvalue weighted by molar-refractivity contribution is -0.0711. The molecule has 0 amide bonds. The van der Waals surface area contributed by atoms with Crippen molar-refractivity contribution in [3.05, 3.63) is 94.9 Å². The fourth-order valence-electron chi connectivity index (χ4n) is 3.80. The number of hydrogen-bond donors (Lipinski definition) is 1. The lowest BCUT2D eigenvalue weighted by atomic mass is 10.1. The van der Waals surface area contributed by atoms with Crippen LogP contribution in [0.25, 0.3) is 6.08 Å². The number of hydrogen-bond acceptors (Lipinski definition) is 6. The van der Waals surface area contributed by atoms with Crippen molar-refractivity contribution in [2.45, 2.75) is 36.6 Å². The summed E-state index contributed by atoms with van der Waals surface area (Å²) in [6.45, 7) is 0.756. The van der Waals surface area contributed by atoms with Gasteiger partial charge in [-0.25, -0.2) is 0 Å². The summed E-state index contributed by atoms with van der Waals surface area (Å²) in [5.74, 6) is 1.52. The Morgan fingerprint density at radius 2 is 1.71 bits per heavy atom. The van der Waals surface area contributed by atoms with Crippen LogP contribution in [0.4, 0.5) is 0 Å². The highest BCUT2D eigenvalue weighted by Gasteiger charge is 2.24. The van der Waals surface area contributed by atoms with Crippen molar-refractivity contribution >= 4 is 17.8 Å². The molecule has 0 saturated heterocycles. The smallest absolute Gasteiger partial charge is 0.231 e. The average molecular weight is 479 g/mol. The van der Waals surface area contributed by atoms with Gasteiger partial charge in [-0.1, -0.05) is 66.4 Å². The van der Waals surface area contributed by atoms with Gasteiger partial charge >= 0.3 is 0 Å². The van der Waals surface area contributed by atoms with Gasteiger partial charge in [-0.05, 0) is 52.8 Å². The second-order valence-corrected chi connectivity index (χ2v) is 9.16. The van der Waals surface area contributed by atoms with Crippen molar-refractivity contribution in [2.75, 3.05) is 20.5 Å². The highest BCUT2D eigenvalue weighted by molar-refractivity contribution is 8.03. The van der Waals surface area contributed by atoms with Gasteiger partial charge in [-0.2, -0.15) is 0 Å². The lowest BCUT2D eigenvalue weighted by Gasteiger charge is -2.27.